The lowest BCUT2D eigenvalue weighted by Gasteiger charge is -2.12. The molecule has 134 valence electrons. The van der Waals surface area contributed by atoms with Crippen molar-refractivity contribution in [2.75, 3.05) is 0 Å². The summed E-state index contributed by atoms with van der Waals surface area (Å²) < 4.78 is 7.61. The average molecular weight is 487 g/mol. The zero-order valence-corrected chi connectivity index (χ0v) is 17.1. The highest BCUT2D eigenvalue weighted by molar-refractivity contribution is 9.10. The summed E-state index contributed by atoms with van der Waals surface area (Å²) in [7, 11) is 0. The molecule has 2 aromatic carbocycles. The van der Waals surface area contributed by atoms with Gasteiger partial charge < -0.3 is 9.52 Å². The monoisotopic (exact) mass is 485 g/mol. The molecule has 0 fully saturated rings. The smallest absolute Gasteiger partial charge is 0.196 e. The van der Waals surface area contributed by atoms with Crippen molar-refractivity contribution >= 4 is 42.8 Å². The topological polar surface area (TPSA) is 63.3 Å². The molecule has 1 N–H and O–H groups in total. The standard InChI is InChI=1S/C21H13Br2NO3/c22-17-6-2-1-5-14(17)20-16(10-12-4-3-9-24-21(12)23)19(26)15-8-7-13(25)11-18(15)27-20/h1-9,11,25H,10H2. The molecule has 4 nitrogen and oxygen atoms in total. The Hall–Kier alpha value is -2.44. The van der Waals surface area contributed by atoms with Gasteiger partial charge in [0, 0.05) is 34.3 Å². The Labute approximate surface area is 171 Å². The molecule has 0 aliphatic carbocycles. The van der Waals surface area contributed by atoms with Gasteiger partial charge >= 0.3 is 0 Å². The number of benzene rings is 2. The van der Waals surface area contributed by atoms with Gasteiger partial charge in [-0.1, -0.05) is 40.2 Å². The second-order valence-electron chi connectivity index (χ2n) is 6.03. The van der Waals surface area contributed by atoms with Crippen LogP contribution in [0, 0.1) is 0 Å². The van der Waals surface area contributed by atoms with Crippen molar-refractivity contribution in [1.82, 2.24) is 4.98 Å². The summed E-state index contributed by atoms with van der Waals surface area (Å²) in [6.45, 7) is 0. The van der Waals surface area contributed by atoms with E-state index in [4.69, 9.17) is 4.42 Å². The number of pyridine rings is 1. The summed E-state index contributed by atoms with van der Waals surface area (Å²) in [6, 6.07) is 15.8. The number of phenols is 1. The molecule has 0 unspecified atom stereocenters. The van der Waals surface area contributed by atoms with E-state index in [-0.39, 0.29) is 11.2 Å². The third-order valence-electron chi connectivity index (χ3n) is 4.29. The predicted molar refractivity (Wildman–Crippen MR) is 112 cm³/mol. The van der Waals surface area contributed by atoms with Gasteiger partial charge in [0.15, 0.2) is 5.43 Å². The van der Waals surface area contributed by atoms with E-state index in [1.54, 1.807) is 12.3 Å². The molecule has 0 atom stereocenters. The van der Waals surface area contributed by atoms with Crippen LogP contribution in [-0.4, -0.2) is 10.1 Å². The average Bonchev–Trinajstić information content (AvgIpc) is 2.66. The maximum Gasteiger partial charge on any atom is 0.196 e. The van der Waals surface area contributed by atoms with Crippen molar-refractivity contribution in [3.8, 4) is 17.1 Å². The third kappa shape index (κ3) is 3.42. The minimum atomic E-state index is -0.127. The molecule has 0 amide bonds. The van der Waals surface area contributed by atoms with E-state index in [0.717, 1.165) is 15.6 Å². The molecule has 0 radical (unpaired) electrons. The Balaban J connectivity index is 2.03. The number of rotatable bonds is 3. The van der Waals surface area contributed by atoms with Gasteiger partial charge in [-0.3, -0.25) is 4.79 Å². The number of phenolic OH excluding ortho intramolecular Hbond substituents is 1. The normalized spacial score (nSPS) is 11.0. The van der Waals surface area contributed by atoms with Crippen LogP contribution in [0.4, 0.5) is 0 Å². The summed E-state index contributed by atoms with van der Waals surface area (Å²) in [5, 5.41) is 10.2. The molecular formula is C21H13Br2NO3. The molecular weight excluding hydrogens is 474 g/mol. The molecule has 0 spiro atoms. The summed E-state index contributed by atoms with van der Waals surface area (Å²) in [5.41, 5.74) is 2.41. The zero-order chi connectivity index (χ0) is 19.0. The minimum absolute atomic E-state index is 0.0477. The highest BCUT2D eigenvalue weighted by atomic mass is 79.9. The lowest BCUT2D eigenvalue weighted by Crippen LogP contribution is -2.12. The van der Waals surface area contributed by atoms with Crippen molar-refractivity contribution in [2.45, 2.75) is 6.42 Å². The first kappa shape index (κ1) is 17.9. The molecule has 0 aliphatic heterocycles. The molecule has 27 heavy (non-hydrogen) atoms. The van der Waals surface area contributed by atoms with Crippen LogP contribution < -0.4 is 5.43 Å². The highest BCUT2D eigenvalue weighted by Crippen LogP contribution is 2.34. The molecule has 0 saturated heterocycles. The number of halogens is 2. The van der Waals surface area contributed by atoms with Gasteiger partial charge in [-0.15, -0.1) is 0 Å². The Morgan fingerprint density at radius 3 is 2.63 bits per heavy atom. The quantitative estimate of drug-likeness (QED) is 0.378. The molecule has 0 aliphatic rings. The summed E-state index contributed by atoms with van der Waals surface area (Å²) in [5.74, 6) is 0.521. The molecule has 4 aromatic rings. The first-order chi connectivity index (χ1) is 13.0. The molecule has 4 rings (SSSR count). The first-order valence-electron chi connectivity index (χ1n) is 8.17. The van der Waals surface area contributed by atoms with Gasteiger partial charge in [0.05, 0.1) is 5.39 Å². The molecule has 0 saturated carbocycles. The Morgan fingerprint density at radius 2 is 1.85 bits per heavy atom. The SMILES string of the molecule is O=c1c(Cc2cccnc2Br)c(-c2ccccc2Br)oc2cc(O)ccc12. The highest BCUT2D eigenvalue weighted by Gasteiger charge is 2.19. The van der Waals surface area contributed by atoms with Crippen molar-refractivity contribution in [3.63, 3.8) is 0 Å². The van der Waals surface area contributed by atoms with E-state index in [1.807, 2.05) is 36.4 Å². The Bertz CT molecular complexity index is 1220. The van der Waals surface area contributed by atoms with Crippen molar-refractivity contribution in [2.24, 2.45) is 0 Å². The van der Waals surface area contributed by atoms with E-state index >= 15 is 0 Å². The first-order valence-corrected chi connectivity index (χ1v) is 9.76. The van der Waals surface area contributed by atoms with Crippen LogP contribution >= 0.6 is 31.9 Å². The molecule has 2 aromatic heterocycles. The van der Waals surface area contributed by atoms with Crippen molar-refractivity contribution < 1.29 is 9.52 Å². The maximum absolute atomic E-state index is 13.3. The van der Waals surface area contributed by atoms with Gasteiger partial charge in [-0.05, 0) is 45.8 Å². The van der Waals surface area contributed by atoms with Crippen LogP contribution in [0.1, 0.15) is 11.1 Å². The van der Waals surface area contributed by atoms with E-state index < -0.39 is 0 Å². The van der Waals surface area contributed by atoms with E-state index in [0.29, 0.717) is 33.3 Å². The Kier molecular flexibility index (Phi) is 4.85. The van der Waals surface area contributed by atoms with E-state index in [2.05, 4.69) is 36.8 Å². The molecule has 0 bridgehead atoms. The Morgan fingerprint density at radius 1 is 1.04 bits per heavy atom. The summed E-state index contributed by atoms with van der Waals surface area (Å²) in [6.07, 6.45) is 2.05. The lowest BCUT2D eigenvalue weighted by molar-refractivity contribution is 0.474. The molecule has 6 heteroatoms. The van der Waals surface area contributed by atoms with Crippen LogP contribution in [0.5, 0.6) is 5.75 Å². The van der Waals surface area contributed by atoms with Crippen LogP contribution in [-0.2, 0) is 6.42 Å². The fraction of sp³-hybridized carbons (Fsp3) is 0.0476. The third-order valence-corrected chi connectivity index (χ3v) is 5.70. The van der Waals surface area contributed by atoms with Crippen LogP contribution in [0.2, 0.25) is 0 Å². The molecule has 2 heterocycles. The second-order valence-corrected chi connectivity index (χ2v) is 7.63. The van der Waals surface area contributed by atoms with Gasteiger partial charge in [-0.25, -0.2) is 4.98 Å². The van der Waals surface area contributed by atoms with Crippen LogP contribution in [0.3, 0.4) is 0 Å². The summed E-state index contributed by atoms with van der Waals surface area (Å²) >= 11 is 6.98. The van der Waals surface area contributed by atoms with Crippen LogP contribution in [0.25, 0.3) is 22.3 Å². The number of aromatic hydroxyl groups is 1. The van der Waals surface area contributed by atoms with Crippen molar-refractivity contribution in [1.29, 1.82) is 0 Å². The fourth-order valence-electron chi connectivity index (χ4n) is 2.99. The van der Waals surface area contributed by atoms with E-state index in [9.17, 15) is 9.90 Å². The second kappa shape index (κ2) is 7.29. The number of hydrogen-bond acceptors (Lipinski definition) is 4. The number of aromatic nitrogens is 1. The van der Waals surface area contributed by atoms with Gasteiger partial charge in [0.25, 0.3) is 0 Å². The number of nitrogens with zero attached hydrogens (tertiary/aromatic N) is 1. The van der Waals surface area contributed by atoms with Gasteiger partial charge in [0.1, 0.15) is 21.7 Å². The van der Waals surface area contributed by atoms with E-state index in [1.165, 1.54) is 12.1 Å². The van der Waals surface area contributed by atoms with Crippen LogP contribution in [0.15, 0.2) is 79.1 Å². The summed E-state index contributed by atoms with van der Waals surface area (Å²) in [4.78, 5) is 17.5. The number of hydrogen-bond donors (Lipinski definition) is 1. The lowest BCUT2D eigenvalue weighted by atomic mass is 9.99. The predicted octanol–water partition coefficient (Wildman–Crippen LogP) is 5.68. The minimum Gasteiger partial charge on any atom is -0.508 e. The maximum atomic E-state index is 13.3. The fourth-order valence-corrected chi connectivity index (χ4v) is 3.84. The van der Waals surface area contributed by atoms with Crippen molar-refractivity contribution in [3.05, 3.63) is 91.2 Å². The van der Waals surface area contributed by atoms with Gasteiger partial charge in [-0.2, -0.15) is 0 Å². The largest absolute Gasteiger partial charge is 0.508 e. The number of fused-ring (bicyclic) bond motifs is 1. The van der Waals surface area contributed by atoms with Gasteiger partial charge in [0.2, 0.25) is 0 Å². The zero-order valence-electron chi connectivity index (χ0n) is 13.9.